The van der Waals surface area contributed by atoms with Crippen LogP contribution in [-0.4, -0.2) is 53.1 Å². The van der Waals surface area contributed by atoms with Crippen molar-refractivity contribution < 1.29 is 32.5 Å². The summed E-state index contributed by atoms with van der Waals surface area (Å²) in [6, 6.07) is -0.840. The van der Waals surface area contributed by atoms with Crippen molar-refractivity contribution in [2.45, 2.75) is 12.1 Å². The first kappa shape index (κ1) is 12.0. The summed E-state index contributed by atoms with van der Waals surface area (Å²) < 4.78 is 28.4. The third-order valence-electron chi connectivity index (χ3n) is 0.912. The van der Waals surface area contributed by atoms with Gasteiger partial charge in [0.25, 0.3) is 10.1 Å². The number of hydrogen-bond donors (Lipinski definition) is 5. The minimum absolute atomic E-state index is 0.840. The van der Waals surface area contributed by atoms with Crippen LogP contribution < -0.4 is 0 Å². The zero-order valence-corrected chi connectivity index (χ0v) is 7.77. The Labute approximate surface area is 70.0 Å². The lowest BCUT2D eigenvalue weighted by Crippen LogP contribution is -2.40. The molecule has 5 N–H and O–H groups in total. The van der Waals surface area contributed by atoms with Gasteiger partial charge in [-0.15, -0.1) is 0 Å². The van der Waals surface area contributed by atoms with Crippen LogP contribution in [0.4, 0.5) is 0 Å². The van der Waals surface area contributed by atoms with Gasteiger partial charge in [-0.05, 0) is 0 Å². The number of hydrogen-bond acceptors (Lipinski definition) is 6. The van der Waals surface area contributed by atoms with E-state index in [-0.39, 0.29) is 0 Å². The van der Waals surface area contributed by atoms with Crippen LogP contribution in [-0.2, 0) is 10.1 Å². The molecule has 0 bridgehead atoms. The molecular weight excluding hydrogens is 208 g/mol. The normalized spacial score (nSPS) is 16.1. The minimum atomic E-state index is -4.45. The van der Waals surface area contributed by atoms with Gasteiger partial charge in [-0.1, -0.05) is 0 Å². The molecule has 1 atom stereocenters. The molecule has 74 valence electrons. The summed E-state index contributed by atoms with van der Waals surface area (Å²) in [7, 11) is -8.80. The van der Waals surface area contributed by atoms with Crippen molar-refractivity contribution in [3.05, 3.63) is 0 Å². The third-order valence-corrected chi connectivity index (χ3v) is 2.74. The van der Waals surface area contributed by atoms with Gasteiger partial charge in [0.1, 0.15) is 5.75 Å². The summed E-state index contributed by atoms with van der Waals surface area (Å²) in [6.45, 7) is 0. The molecule has 0 aliphatic carbocycles. The zero-order valence-electron chi connectivity index (χ0n) is 5.95. The van der Waals surface area contributed by atoms with Gasteiger partial charge in [0.05, 0.1) is 6.10 Å². The van der Waals surface area contributed by atoms with Crippen LogP contribution in [0.3, 0.4) is 0 Å². The Balaban J connectivity index is 4.00. The van der Waals surface area contributed by atoms with Crippen molar-refractivity contribution in [1.82, 2.24) is 0 Å². The molecule has 0 aromatic rings. The second kappa shape index (κ2) is 3.78. The first-order valence-electron chi connectivity index (χ1n) is 2.90. The molecule has 0 saturated carbocycles. The topological polar surface area (TPSA) is 135 Å². The predicted octanol–water partition coefficient (Wildman–Crippen LogP) is -2.85. The highest BCUT2D eigenvalue weighted by Gasteiger charge is 2.32. The van der Waals surface area contributed by atoms with E-state index in [0.717, 1.165) is 0 Å². The molecule has 0 amide bonds. The fourth-order valence-corrected chi connectivity index (χ4v) is 2.21. The van der Waals surface area contributed by atoms with E-state index in [1.165, 1.54) is 0 Å². The predicted molar refractivity (Wildman–Crippen MR) is 39.6 cm³/mol. The molecule has 0 spiro atoms. The van der Waals surface area contributed by atoms with Crippen molar-refractivity contribution in [1.29, 1.82) is 0 Å². The Hall–Kier alpha value is -0.0331. The highest BCUT2D eigenvalue weighted by molar-refractivity contribution is 7.85. The number of aliphatic hydroxyl groups is 1. The van der Waals surface area contributed by atoms with E-state index in [4.69, 9.17) is 24.0 Å². The monoisotopic (exact) mass is 218 g/mol. The molecule has 0 radical (unpaired) electrons. The van der Waals surface area contributed by atoms with E-state index in [1.54, 1.807) is 0 Å². The van der Waals surface area contributed by atoms with E-state index in [2.05, 4.69) is 0 Å². The van der Waals surface area contributed by atoms with Gasteiger partial charge in [0.2, 0.25) is 0 Å². The van der Waals surface area contributed by atoms with E-state index in [0.29, 0.717) is 0 Å². The quantitative estimate of drug-likeness (QED) is 0.253. The molecule has 0 aromatic carbocycles. The summed E-state index contributed by atoms with van der Waals surface area (Å²) in [4.78, 5) is 25.2. The van der Waals surface area contributed by atoms with E-state index in [9.17, 15) is 8.42 Å². The van der Waals surface area contributed by atoms with Crippen molar-refractivity contribution in [3.63, 3.8) is 0 Å². The van der Waals surface area contributed by atoms with E-state index in [1.807, 2.05) is 0 Å². The van der Waals surface area contributed by atoms with Crippen LogP contribution in [0.25, 0.3) is 0 Å². The molecule has 9 heteroatoms. The smallest absolute Gasteiger partial charge is 0.392 e. The standard InChI is InChI=1S/C3H10O7SSi/c4-3(1-11(5,6)7)2-12(8,9)10/h3-4,8-10H,1-2H2,(H,5,6,7). The van der Waals surface area contributed by atoms with Gasteiger partial charge in [-0.25, -0.2) is 0 Å². The first-order valence-corrected chi connectivity index (χ1v) is 6.56. The summed E-state index contributed by atoms with van der Waals surface area (Å²) in [5, 5.41) is 8.74. The molecule has 0 aliphatic rings. The lowest BCUT2D eigenvalue weighted by molar-refractivity contribution is 0.165. The molecule has 0 aromatic heterocycles. The first-order chi connectivity index (χ1) is 5.10. The van der Waals surface area contributed by atoms with Crippen LogP contribution in [0.2, 0.25) is 6.04 Å². The largest absolute Gasteiger partial charge is 0.495 e. The maximum atomic E-state index is 10.1. The minimum Gasteiger partial charge on any atom is -0.392 e. The average molecular weight is 218 g/mol. The second-order valence-corrected chi connectivity index (χ2v) is 5.83. The third kappa shape index (κ3) is 8.07. The molecule has 12 heavy (non-hydrogen) atoms. The van der Waals surface area contributed by atoms with Gasteiger partial charge in [-0.3, -0.25) is 4.55 Å². The van der Waals surface area contributed by atoms with Crippen LogP contribution >= 0.6 is 0 Å². The fraction of sp³-hybridized carbons (Fsp3) is 1.00. The SMILES string of the molecule is O=S(=O)(O)CC(O)C[Si](O)(O)O. The molecular formula is C3H10O7SSi. The van der Waals surface area contributed by atoms with E-state index >= 15 is 0 Å². The number of aliphatic hydroxyl groups excluding tert-OH is 1. The summed E-state index contributed by atoms with van der Waals surface area (Å²) >= 11 is 0. The summed E-state index contributed by atoms with van der Waals surface area (Å²) in [5.41, 5.74) is 0. The van der Waals surface area contributed by atoms with Crippen LogP contribution in [0.1, 0.15) is 0 Å². The summed E-state index contributed by atoms with van der Waals surface area (Å²) in [5.74, 6) is -1.02. The Kier molecular flexibility index (Phi) is 3.77. The second-order valence-electron chi connectivity index (χ2n) is 2.38. The Bertz CT molecular complexity index is 228. The van der Waals surface area contributed by atoms with Crippen LogP contribution in [0.5, 0.6) is 0 Å². The van der Waals surface area contributed by atoms with Crippen LogP contribution in [0, 0.1) is 0 Å². The molecule has 0 fully saturated rings. The van der Waals surface area contributed by atoms with Crippen LogP contribution in [0.15, 0.2) is 0 Å². The van der Waals surface area contributed by atoms with Gasteiger partial charge >= 0.3 is 8.80 Å². The fourth-order valence-electron chi connectivity index (χ4n) is 0.618. The van der Waals surface area contributed by atoms with E-state index < -0.39 is 36.8 Å². The van der Waals surface area contributed by atoms with Gasteiger partial charge in [-0.2, -0.15) is 8.42 Å². The maximum absolute atomic E-state index is 10.1. The molecule has 0 saturated heterocycles. The Morgan fingerprint density at radius 2 is 1.67 bits per heavy atom. The summed E-state index contributed by atoms with van der Waals surface area (Å²) in [6.07, 6.45) is -1.67. The lowest BCUT2D eigenvalue weighted by atomic mass is 10.5. The van der Waals surface area contributed by atoms with Gasteiger partial charge in [0.15, 0.2) is 0 Å². The lowest BCUT2D eigenvalue weighted by Gasteiger charge is -2.13. The molecule has 0 rings (SSSR count). The van der Waals surface area contributed by atoms with Gasteiger partial charge in [0, 0.05) is 6.04 Å². The molecule has 0 aliphatic heterocycles. The van der Waals surface area contributed by atoms with Crippen molar-refractivity contribution in [2.24, 2.45) is 0 Å². The van der Waals surface area contributed by atoms with Crippen molar-refractivity contribution in [3.8, 4) is 0 Å². The highest BCUT2D eigenvalue weighted by atomic mass is 32.2. The molecule has 0 heterocycles. The average Bonchev–Trinajstić information content (AvgIpc) is 1.49. The van der Waals surface area contributed by atoms with Crippen molar-refractivity contribution >= 4 is 18.9 Å². The zero-order chi connectivity index (χ0) is 9.99. The number of rotatable bonds is 4. The van der Waals surface area contributed by atoms with Gasteiger partial charge < -0.3 is 19.5 Å². The Morgan fingerprint density at radius 1 is 1.25 bits per heavy atom. The highest BCUT2D eigenvalue weighted by Crippen LogP contribution is 2.04. The van der Waals surface area contributed by atoms with Crippen molar-refractivity contribution in [2.75, 3.05) is 5.75 Å². The maximum Gasteiger partial charge on any atom is 0.495 e. The molecule has 7 nitrogen and oxygen atoms in total. The molecule has 1 unspecified atom stereocenters. The Morgan fingerprint density at radius 3 is 1.92 bits per heavy atom.